The molecule has 0 aliphatic carbocycles. The first-order valence-electron chi connectivity index (χ1n) is 4.13. The van der Waals surface area contributed by atoms with Crippen LogP contribution in [0.1, 0.15) is 0 Å². The Morgan fingerprint density at radius 3 is 2.47 bits per heavy atom. The van der Waals surface area contributed by atoms with Crippen LogP contribution in [0.3, 0.4) is 0 Å². The van der Waals surface area contributed by atoms with Gasteiger partial charge in [-0.05, 0) is 12.1 Å². The highest BCUT2D eigenvalue weighted by atomic mass is 16.6. The van der Waals surface area contributed by atoms with Crippen LogP contribution < -0.4 is 5.73 Å². The lowest BCUT2D eigenvalue weighted by Crippen LogP contribution is -1.86. The number of non-ortho nitro benzene ring substituents is 1. The Labute approximate surface area is 84.5 Å². The molecule has 0 fully saturated rings. The van der Waals surface area contributed by atoms with Crippen molar-refractivity contribution in [3.05, 3.63) is 40.6 Å². The Bertz CT molecular complexity index is 490. The van der Waals surface area contributed by atoms with E-state index in [0.717, 1.165) is 0 Å². The van der Waals surface area contributed by atoms with Gasteiger partial charge in [-0.3, -0.25) is 10.1 Å². The minimum Gasteiger partial charge on any atom is -0.424 e. The molecule has 0 saturated heterocycles. The van der Waals surface area contributed by atoms with E-state index in [-0.39, 0.29) is 11.7 Å². The predicted molar refractivity (Wildman–Crippen MR) is 53.0 cm³/mol. The molecule has 76 valence electrons. The minimum absolute atomic E-state index is 0.0336. The zero-order valence-electron chi connectivity index (χ0n) is 7.58. The lowest BCUT2D eigenvalue weighted by Gasteiger charge is -1.94. The van der Waals surface area contributed by atoms with Crippen molar-refractivity contribution >= 4 is 11.7 Å². The van der Waals surface area contributed by atoms with Crippen molar-refractivity contribution in [2.45, 2.75) is 0 Å². The third kappa shape index (κ3) is 1.78. The van der Waals surface area contributed by atoms with Crippen LogP contribution in [-0.2, 0) is 0 Å². The Morgan fingerprint density at radius 2 is 2.00 bits per heavy atom. The van der Waals surface area contributed by atoms with E-state index in [4.69, 9.17) is 10.2 Å². The highest BCUT2D eigenvalue weighted by molar-refractivity contribution is 5.59. The molecule has 0 aliphatic rings. The van der Waals surface area contributed by atoms with Crippen molar-refractivity contribution in [1.82, 2.24) is 4.98 Å². The maximum atomic E-state index is 10.4. The number of nitrogens with zero attached hydrogens (tertiary/aromatic N) is 2. The molecular weight excluding hydrogens is 198 g/mol. The molecule has 0 atom stereocenters. The zero-order valence-corrected chi connectivity index (χ0v) is 7.58. The number of aromatic nitrogens is 1. The molecule has 2 N–H and O–H groups in total. The molecule has 0 saturated carbocycles. The molecule has 6 nitrogen and oxygen atoms in total. The van der Waals surface area contributed by atoms with Gasteiger partial charge in [-0.25, -0.2) is 4.98 Å². The number of nitrogens with two attached hydrogens (primary N) is 1. The normalized spacial score (nSPS) is 10.1. The summed E-state index contributed by atoms with van der Waals surface area (Å²) in [5.41, 5.74) is 6.04. The largest absolute Gasteiger partial charge is 0.424 e. The molecule has 1 aromatic carbocycles. The summed E-state index contributed by atoms with van der Waals surface area (Å²) in [7, 11) is 0. The van der Waals surface area contributed by atoms with Crippen LogP contribution in [0.5, 0.6) is 0 Å². The van der Waals surface area contributed by atoms with E-state index < -0.39 is 4.92 Å². The zero-order chi connectivity index (χ0) is 10.8. The van der Waals surface area contributed by atoms with Crippen LogP contribution in [0.25, 0.3) is 11.3 Å². The Balaban J connectivity index is 2.35. The smallest absolute Gasteiger partial charge is 0.292 e. The van der Waals surface area contributed by atoms with E-state index in [1.807, 2.05) is 0 Å². The van der Waals surface area contributed by atoms with Crippen molar-refractivity contribution < 1.29 is 9.34 Å². The Hall–Kier alpha value is -2.37. The summed E-state index contributed by atoms with van der Waals surface area (Å²) in [5.74, 6) is 0.488. The SMILES string of the molecule is Nc1ncc(-c2ccc([N+](=O)[O-])cc2)o1. The number of hydrogen-bond acceptors (Lipinski definition) is 5. The van der Waals surface area contributed by atoms with Gasteiger partial charge in [0.05, 0.1) is 11.1 Å². The third-order valence-electron chi connectivity index (χ3n) is 1.89. The van der Waals surface area contributed by atoms with Crippen molar-refractivity contribution in [1.29, 1.82) is 0 Å². The first-order valence-corrected chi connectivity index (χ1v) is 4.13. The van der Waals surface area contributed by atoms with Gasteiger partial charge in [-0.15, -0.1) is 0 Å². The fraction of sp³-hybridized carbons (Fsp3) is 0. The van der Waals surface area contributed by atoms with E-state index in [0.29, 0.717) is 11.3 Å². The van der Waals surface area contributed by atoms with Crippen LogP contribution in [0.2, 0.25) is 0 Å². The first kappa shape index (κ1) is 9.20. The second-order valence-electron chi connectivity index (χ2n) is 2.87. The standard InChI is InChI=1S/C9H7N3O3/c10-9-11-5-8(15-9)6-1-3-7(4-2-6)12(13)14/h1-5H,(H2,10,11). The number of rotatable bonds is 2. The van der Waals surface area contributed by atoms with E-state index in [1.165, 1.54) is 18.3 Å². The monoisotopic (exact) mass is 205 g/mol. The average Bonchev–Trinajstić information content (AvgIpc) is 2.65. The molecule has 0 aliphatic heterocycles. The van der Waals surface area contributed by atoms with E-state index in [9.17, 15) is 10.1 Å². The summed E-state index contributed by atoms with van der Waals surface area (Å²) < 4.78 is 5.07. The highest BCUT2D eigenvalue weighted by Gasteiger charge is 2.07. The predicted octanol–water partition coefficient (Wildman–Crippen LogP) is 1.83. The van der Waals surface area contributed by atoms with Gasteiger partial charge in [-0.1, -0.05) is 0 Å². The lowest BCUT2D eigenvalue weighted by atomic mass is 10.2. The third-order valence-corrected chi connectivity index (χ3v) is 1.89. The average molecular weight is 205 g/mol. The van der Waals surface area contributed by atoms with Crippen molar-refractivity contribution in [2.75, 3.05) is 5.73 Å². The second-order valence-corrected chi connectivity index (χ2v) is 2.87. The molecule has 2 aromatic rings. The summed E-state index contributed by atoms with van der Waals surface area (Å²) in [4.78, 5) is 13.7. The number of oxazole rings is 1. The van der Waals surface area contributed by atoms with E-state index >= 15 is 0 Å². The fourth-order valence-electron chi connectivity index (χ4n) is 1.17. The highest BCUT2D eigenvalue weighted by Crippen LogP contribution is 2.23. The van der Waals surface area contributed by atoms with Gasteiger partial charge in [0, 0.05) is 17.7 Å². The van der Waals surface area contributed by atoms with Crippen LogP contribution in [0, 0.1) is 10.1 Å². The Kier molecular flexibility index (Phi) is 2.09. The van der Waals surface area contributed by atoms with Crippen LogP contribution in [-0.4, -0.2) is 9.91 Å². The second kappa shape index (κ2) is 3.41. The van der Waals surface area contributed by atoms with Gasteiger partial charge >= 0.3 is 0 Å². The molecule has 0 amide bonds. The summed E-state index contributed by atoms with van der Waals surface area (Å²) in [5, 5.41) is 10.4. The summed E-state index contributed by atoms with van der Waals surface area (Å²) in [6.07, 6.45) is 1.47. The van der Waals surface area contributed by atoms with Crippen LogP contribution in [0.15, 0.2) is 34.9 Å². The molecular formula is C9H7N3O3. The molecule has 0 radical (unpaired) electrons. The number of benzene rings is 1. The quantitative estimate of drug-likeness (QED) is 0.596. The number of hydrogen-bond donors (Lipinski definition) is 1. The number of nitro benzene ring substituents is 1. The van der Waals surface area contributed by atoms with E-state index in [1.54, 1.807) is 12.1 Å². The van der Waals surface area contributed by atoms with Crippen molar-refractivity contribution in [2.24, 2.45) is 0 Å². The van der Waals surface area contributed by atoms with Crippen LogP contribution >= 0.6 is 0 Å². The van der Waals surface area contributed by atoms with Gasteiger partial charge in [0.1, 0.15) is 0 Å². The molecule has 2 rings (SSSR count). The fourth-order valence-corrected chi connectivity index (χ4v) is 1.17. The van der Waals surface area contributed by atoms with Gasteiger partial charge in [-0.2, -0.15) is 0 Å². The van der Waals surface area contributed by atoms with Gasteiger partial charge in [0.2, 0.25) is 0 Å². The molecule has 15 heavy (non-hydrogen) atoms. The molecule has 1 heterocycles. The molecule has 6 heteroatoms. The maximum Gasteiger partial charge on any atom is 0.292 e. The molecule has 0 unspecified atom stereocenters. The first-order chi connectivity index (χ1) is 7.16. The van der Waals surface area contributed by atoms with Crippen molar-refractivity contribution in [3.8, 4) is 11.3 Å². The Morgan fingerprint density at radius 1 is 1.33 bits per heavy atom. The van der Waals surface area contributed by atoms with Gasteiger partial charge in [0.25, 0.3) is 11.7 Å². The number of nitrogen functional groups attached to an aromatic ring is 1. The summed E-state index contributed by atoms with van der Waals surface area (Å²) in [6.45, 7) is 0. The summed E-state index contributed by atoms with van der Waals surface area (Å²) >= 11 is 0. The lowest BCUT2D eigenvalue weighted by molar-refractivity contribution is -0.384. The number of anilines is 1. The number of nitro groups is 1. The van der Waals surface area contributed by atoms with Gasteiger partial charge < -0.3 is 10.2 Å². The van der Waals surface area contributed by atoms with Gasteiger partial charge in [0.15, 0.2) is 5.76 Å². The molecule has 0 spiro atoms. The molecule has 0 bridgehead atoms. The van der Waals surface area contributed by atoms with E-state index in [2.05, 4.69) is 4.98 Å². The van der Waals surface area contributed by atoms with Crippen molar-refractivity contribution in [3.63, 3.8) is 0 Å². The maximum absolute atomic E-state index is 10.4. The topological polar surface area (TPSA) is 95.2 Å². The molecule has 1 aromatic heterocycles. The minimum atomic E-state index is -0.460. The summed E-state index contributed by atoms with van der Waals surface area (Å²) in [6, 6.07) is 6.03. The van der Waals surface area contributed by atoms with Crippen LogP contribution in [0.4, 0.5) is 11.7 Å².